The second kappa shape index (κ2) is 6.82. The van der Waals surface area contributed by atoms with Crippen LogP contribution in [-0.4, -0.2) is 12.5 Å². The number of aryl methyl sites for hydroxylation is 2. The fourth-order valence-corrected chi connectivity index (χ4v) is 4.09. The minimum Gasteiger partial charge on any atom is -0.349 e. The van der Waals surface area contributed by atoms with Gasteiger partial charge in [-0.3, -0.25) is 4.79 Å². The van der Waals surface area contributed by atoms with Crippen LogP contribution in [0, 0.1) is 11.8 Å². The minimum atomic E-state index is 0.0822. The summed E-state index contributed by atoms with van der Waals surface area (Å²) >= 11 is 0. The fraction of sp³-hybridized carbons (Fsp3) is 0.632. The summed E-state index contributed by atoms with van der Waals surface area (Å²) in [5, 5.41) is 3.21. The molecular weight excluding hydrogens is 272 g/mol. The number of benzene rings is 1. The molecule has 1 saturated carbocycles. The predicted octanol–water partition coefficient (Wildman–Crippen LogP) is 3.12. The maximum absolute atomic E-state index is 12.5. The molecule has 3 rings (SSSR count). The summed E-state index contributed by atoms with van der Waals surface area (Å²) in [5.41, 5.74) is 10.0. The second-order valence-corrected chi connectivity index (χ2v) is 7.00. The molecule has 0 spiro atoms. The number of carbonyl (C=O) groups is 1. The van der Waals surface area contributed by atoms with Crippen LogP contribution >= 0.6 is 0 Å². The first-order valence-corrected chi connectivity index (χ1v) is 8.81. The van der Waals surface area contributed by atoms with Crippen LogP contribution < -0.4 is 11.1 Å². The molecule has 22 heavy (non-hydrogen) atoms. The molecule has 0 bridgehead atoms. The van der Waals surface area contributed by atoms with Gasteiger partial charge >= 0.3 is 0 Å². The van der Waals surface area contributed by atoms with Crippen molar-refractivity contribution in [2.45, 2.75) is 57.9 Å². The molecule has 1 amide bonds. The van der Waals surface area contributed by atoms with Crippen molar-refractivity contribution >= 4 is 5.91 Å². The largest absolute Gasteiger partial charge is 0.349 e. The SMILES string of the molecule is CC(NC(=O)[C@@H]1CCC[C@@H]1CN)c1ccc2c(c1)CCCC2. The van der Waals surface area contributed by atoms with Gasteiger partial charge in [0.25, 0.3) is 0 Å². The van der Waals surface area contributed by atoms with Gasteiger partial charge in [-0.2, -0.15) is 0 Å². The Kier molecular flexibility index (Phi) is 4.82. The average molecular weight is 300 g/mol. The summed E-state index contributed by atoms with van der Waals surface area (Å²) < 4.78 is 0. The molecule has 120 valence electrons. The molecule has 3 atom stereocenters. The number of carbonyl (C=O) groups excluding carboxylic acids is 1. The highest BCUT2D eigenvalue weighted by atomic mass is 16.2. The van der Waals surface area contributed by atoms with Crippen LogP contribution in [0.1, 0.15) is 61.8 Å². The summed E-state index contributed by atoms with van der Waals surface area (Å²) in [6.45, 7) is 2.72. The van der Waals surface area contributed by atoms with Gasteiger partial charge in [0.15, 0.2) is 0 Å². The first-order valence-electron chi connectivity index (χ1n) is 8.81. The minimum absolute atomic E-state index is 0.0822. The van der Waals surface area contributed by atoms with Crippen molar-refractivity contribution in [2.75, 3.05) is 6.54 Å². The number of amides is 1. The quantitative estimate of drug-likeness (QED) is 0.897. The summed E-state index contributed by atoms with van der Waals surface area (Å²) in [5.74, 6) is 0.680. The maximum atomic E-state index is 12.5. The highest BCUT2D eigenvalue weighted by Gasteiger charge is 2.32. The smallest absolute Gasteiger partial charge is 0.223 e. The zero-order valence-electron chi connectivity index (χ0n) is 13.6. The average Bonchev–Trinajstić information content (AvgIpc) is 3.03. The molecule has 1 fully saturated rings. The molecule has 3 nitrogen and oxygen atoms in total. The molecule has 0 radical (unpaired) electrons. The van der Waals surface area contributed by atoms with Crippen molar-refractivity contribution in [3.63, 3.8) is 0 Å². The van der Waals surface area contributed by atoms with Crippen molar-refractivity contribution in [3.8, 4) is 0 Å². The standard InChI is InChI=1S/C19H28N2O/c1-13(21-19(22)18-8-4-7-17(18)12-20)15-10-9-14-5-2-3-6-16(14)11-15/h9-11,13,17-18H,2-8,12,20H2,1H3,(H,21,22)/t13?,17-,18-/m1/s1. The molecular formula is C19H28N2O. The number of hydrogen-bond acceptors (Lipinski definition) is 2. The third kappa shape index (κ3) is 3.19. The molecule has 3 heteroatoms. The van der Waals surface area contributed by atoms with Gasteiger partial charge in [0.2, 0.25) is 5.91 Å². The number of hydrogen-bond donors (Lipinski definition) is 2. The van der Waals surface area contributed by atoms with Gasteiger partial charge < -0.3 is 11.1 Å². The molecule has 1 unspecified atom stereocenters. The Morgan fingerprint density at radius 3 is 2.77 bits per heavy atom. The van der Waals surface area contributed by atoms with Gasteiger partial charge in [-0.1, -0.05) is 24.6 Å². The Morgan fingerprint density at radius 2 is 2.00 bits per heavy atom. The third-order valence-electron chi connectivity index (χ3n) is 5.53. The van der Waals surface area contributed by atoms with E-state index in [0.717, 1.165) is 19.3 Å². The highest BCUT2D eigenvalue weighted by molar-refractivity contribution is 5.79. The monoisotopic (exact) mass is 300 g/mol. The van der Waals surface area contributed by atoms with E-state index in [2.05, 4.69) is 30.4 Å². The van der Waals surface area contributed by atoms with E-state index in [1.165, 1.54) is 42.4 Å². The third-order valence-corrected chi connectivity index (χ3v) is 5.53. The molecule has 1 aromatic carbocycles. The van der Waals surface area contributed by atoms with Gasteiger partial charge in [-0.25, -0.2) is 0 Å². The number of rotatable bonds is 4. The van der Waals surface area contributed by atoms with E-state index in [-0.39, 0.29) is 17.9 Å². The fourth-order valence-electron chi connectivity index (χ4n) is 4.09. The van der Waals surface area contributed by atoms with E-state index in [1.54, 1.807) is 0 Å². The van der Waals surface area contributed by atoms with Crippen molar-refractivity contribution in [1.29, 1.82) is 0 Å². The molecule has 3 N–H and O–H groups in total. The maximum Gasteiger partial charge on any atom is 0.223 e. The van der Waals surface area contributed by atoms with Crippen LogP contribution in [0.15, 0.2) is 18.2 Å². The lowest BCUT2D eigenvalue weighted by Gasteiger charge is -2.23. The number of fused-ring (bicyclic) bond motifs is 1. The zero-order valence-corrected chi connectivity index (χ0v) is 13.6. The van der Waals surface area contributed by atoms with Crippen LogP contribution in [0.5, 0.6) is 0 Å². The molecule has 2 aliphatic rings. The zero-order chi connectivity index (χ0) is 15.5. The summed E-state index contributed by atoms with van der Waals surface area (Å²) in [6, 6.07) is 6.82. The van der Waals surface area contributed by atoms with Crippen LogP contribution in [0.2, 0.25) is 0 Å². The van der Waals surface area contributed by atoms with Gasteiger partial charge in [0, 0.05) is 5.92 Å². The van der Waals surface area contributed by atoms with E-state index in [9.17, 15) is 4.79 Å². The van der Waals surface area contributed by atoms with E-state index in [1.807, 2.05) is 0 Å². The molecule has 0 heterocycles. The lowest BCUT2D eigenvalue weighted by atomic mass is 9.89. The van der Waals surface area contributed by atoms with Gasteiger partial charge in [0.1, 0.15) is 0 Å². The summed E-state index contributed by atoms with van der Waals surface area (Å²) in [4.78, 5) is 12.5. The van der Waals surface area contributed by atoms with E-state index in [0.29, 0.717) is 12.5 Å². The Labute approximate surface area is 133 Å². The van der Waals surface area contributed by atoms with Gasteiger partial charge in [-0.15, -0.1) is 0 Å². The number of nitrogens with two attached hydrogens (primary N) is 1. The van der Waals surface area contributed by atoms with E-state index >= 15 is 0 Å². The van der Waals surface area contributed by atoms with Crippen LogP contribution in [0.4, 0.5) is 0 Å². The summed E-state index contributed by atoms with van der Waals surface area (Å²) in [6.07, 6.45) is 8.20. The first-order chi connectivity index (χ1) is 10.7. The van der Waals surface area contributed by atoms with Crippen molar-refractivity contribution in [3.05, 3.63) is 34.9 Å². The Morgan fingerprint density at radius 1 is 1.23 bits per heavy atom. The van der Waals surface area contributed by atoms with Crippen molar-refractivity contribution in [1.82, 2.24) is 5.32 Å². The Balaban J connectivity index is 1.66. The lowest BCUT2D eigenvalue weighted by Crippen LogP contribution is -2.36. The topological polar surface area (TPSA) is 55.1 Å². The summed E-state index contributed by atoms with van der Waals surface area (Å²) in [7, 11) is 0. The predicted molar refractivity (Wildman–Crippen MR) is 89.5 cm³/mol. The lowest BCUT2D eigenvalue weighted by molar-refractivity contribution is -0.126. The normalized spacial score (nSPS) is 25.5. The molecule has 0 saturated heterocycles. The van der Waals surface area contributed by atoms with Gasteiger partial charge in [0.05, 0.1) is 6.04 Å². The highest BCUT2D eigenvalue weighted by Crippen LogP contribution is 2.32. The Hall–Kier alpha value is -1.35. The second-order valence-electron chi connectivity index (χ2n) is 7.00. The first kappa shape index (κ1) is 15.5. The molecule has 0 aliphatic heterocycles. The molecule has 1 aromatic rings. The van der Waals surface area contributed by atoms with Crippen molar-refractivity contribution < 1.29 is 4.79 Å². The Bertz CT molecular complexity index is 540. The van der Waals surface area contributed by atoms with E-state index < -0.39 is 0 Å². The molecule has 2 aliphatic carbocycles. The van der Waals surface area contributed by atoms with Crippen molar-refractivity contribution in [2.24, 2.45) is 17.6 Å². The molecule has 0 aromatic heterocycles. The van der Waals surface area contributed by atoms with Crippen LogP contribution in [0.3, 0.4) is 0 Å². The number of nitrogens with one attached hydrogen (secondary N) is 1. The van der Waals surface area contributed by atoms with Crippen LogP contribution in [0.25, 0.3) is 0 Å². The van der Waals surface area contributed by atoms with Gasteiger partial charge in [-0.05, 0) is 74.6 Å². The van der Waals surface area contributed by atoms with Crippen LogP contribution in [-0.2, 0) is 17.6 Å². The van der Waals surface area contributed by atoms with E-state index in [4.69, 9.17) is 5.73 Å².